The van der Waals surface area contributed by atoms with Crippen LogP contribution in [-0.2, 0) is 4.79 Å². The molecule has 1 saturated heterocycles. The third-order valence-electron chi connectivity index (χ3n) is 3.00. The zero-order valence-corrected chi connectivity index (χ0v) is 13.4. The highest BCUT2D eigenvalue weighted by Gasteiger charge is 2.39. The molecule has 0 unspecified atom stereocenters. The van der Waals surface area contributed by atoms with Gasteiger partial charge in [0.1, 0.15) is 6.04 Å². The molecule has 3 N–H and O–H groups in total. The van der Waals surface area contributed by atoms with Crippen molar-refractivity contribution < 1.29 is 19.8 Å². The molecule has 6 nitrogen and oxygen atoms in total. The first kappa shape index (κ1) is 15.3. The van der Waals surface area contributed by atoms with Crippen LogP contribution in [-0.4, -0.2) is 45.8 Å². The van der Waals surface area contributed by atoms with Crippen LogP contribution in [0.1, 0.15) is 6.42 Å². The van der Waals surface area contributed by atoms with Crippen LogP contribution in [0.2, 0.25) is 0 Å². The van der Waals surface area contributed by atoms with Gasteiger partial charge in [-0.15, -0.1) is 0 Å². The molecule has 0 aliphatic carbocycles. The number of halogens is 2. The summed E-state index contributed by atoms with van der Waals surface area (Å²) in [5.41, 5.74) is 0.531. The molecule has 2 atom stereocenters. The summed E-state index contributed by atoms with van der Waals surface area (Å²) in [6.07, 6.45) is -0.764. The number of carbonyl (C=O) groups excluding carboxylic acids is 1. The number of anilines is 1. The van der Waals surface area contributed by atoms with Crippen molar-refractivity contribution in [1.29, 1.82) is 0 Å². The van der Waals surface area contributed by atoms with Crippen molar-refractivity contribution in [3.8, 4) is 0 Å². The van der Waals surface area contributed by atoms with Crippen LogP contribution in [0.15, 0.2) is 27.1 Å². The zero-order chi connectivity index (χ0) is 14.9. The lowest BCUT2D eigenvalue weighted by Gasteiger charge is -2.22. The minimum absolute atomic E-state index is 0.0109. The van der Waals surface area contributed by atoms with Crippen molar-refractivity contribution in [2.45, 2.75) is 18.6 Å². The Labute approximate surface area is 132 Å². The van der Waals surface area contributed by atoms with Gasteiger partial charge in [0.05, 0.1) is 11.8 Å². The third kappa shape index (κ3) is 3.31. The van der Waals surface area contributed by atoms with Gasteiger partial charge in [0.15, 0.2) is 0 Å². The van der Waals surface area contributed by atoms with Gasteiger partial charge in [0, 0.05) is 21.9 Å². The average molecular weight is 408 g/mol. The highest BCUT2D eigenvalue weighted by atomic mass is 79.9. The SMILES string of the molecule is O=C(O)[C@H]1C[C@@H](O)CN1C(=O)Nc1ccc(Br)cc1Br. The van der Waals surface area contributed by atoms with Gasteiger partial charge in [-0.05, 0) is 34.1 Å². The molecule has 0 spiro atoms. The lowest BCUT2D eigenvalue weighted by Crippen LogP contribution is -2.43. The van der Waals surface area contributed by atoms with E-state index in [4.69, 9.17) is 5.11 Å². The molecule has 2 amide bonds. The quantitative estimate of drug-likeness (QED) is 0.701. The summed E-state index contributed by atoms with van der Waals surface area (Å²) in [5.74, 6) is -1.12. The monoisotopic (exact) mass is 406 g/mol. The second kappa shape index (κ2) is 6.11. The number of amides is 2. The minimum Gasteiger partial charge on any atom is -0.480 e. The molecule has 1 fully saturated rings. The lowest BCUT2D eigenvalue weighted by atomic mass is 10.2. The Hall–Kier alpha value is -1.12. The molecule has 0 saturated carbocycles. The summed E-state index contributed by atoms with van der Waals surface area (Å²) in [6, 6.07) is 3.67. The highest BCUT2D eigenvalue weighted by Crippen LogP contribution is 2.27. The Bertz CT molecular complexity index is 552. The van der Waals surface area contributed by atoms with Gasteiger partial charge in [-0.25, -0.2) is 9.59 Å². The van der Waals surface area contributed by atoms with Crippen LogP contribution < -0.4 is 5.32 Å². The van der Waals surface area contributed by atoms with Gasteiger partial charge in [0.25, 0.3) is 0 Å². The first-order valence-corrected chi connectivity index (χ1v) is 7.40. The number of carboxylic acids is 1. The number of aliphatic hydroxyl groups excluding tert-OH is 1. The number of likely N-dealkylation sites (tertiary alicyclic amines) is 1. The van der Waals surface area contributed by atoms with Crippen LogP contribution in [0.25, 0.3) is 0 Å². The molecule has 0 radical (unpaired) electrons. The number of hydrogen-bond acceptors (Lipinski definition) is 3. The fourth-order valence-corrected chi connectivity index (χ4v) is 3.20. The third-order valence-corrected chi connectivity index (χ3v) is 4.15. The maximum absolute atomic E-state index is 12.1. The number of carbonyl (C=O) groups is 2. The van der Waals surface area contributed by atoms with Gasteiger partial charge in [-0.1, -0.05) is 15.9 Å². The Balaban J connectivity index is 2.13. The van der Waals surface area contributed by atoms with E-state index in [2.05, 4.69) is 37.2 Å². The van der Waals surface area contributed by atoms with Gasteiger partial charge in [0.2, 0.25) is 0 Å². The zero-order valence-electron chi connectivity index (χ0n) is 10.2. The van der Waals surface area contributed by atoms with Crippen molar-refractivity contribution in [1.82, 2.24) is 4.90 Å². The molecule has 1 aliphatic rings. The smallest absolute Gasteiger partial charge is 0.326 e. The number of nitrogens with zero attached hydrogens (tertiary/aromatic N) is 1. The lowest BCUT2D eigenvalue weighted by molar-refractivity contribution is -0.141. The molecule has 0 bridgehead atoms. The number of β-amino-alcohol motifs (C(OH)–C–C–N with tert-alkyl or cyclic N) is 1. The van der Waals surface area contributed by atoms with E-state index in [-0.39, 0.29) is 13.0 Å². The molecule has 1 heterocycles. The molecule has 2 rings (SSSR count). The Morgan fingerprint density at radius 1 is 1.35 bits per heavy atom. The fraction of sp³-hybridized carbons (Fsp3) is 0.333. The van der Waals surface area contributed by atoms with Gasteiger partial charge in [-0.2, -0.15) is 0 Å². The molecule has 1 aromatic carbocycles. The van der Waals surface area contributed by atoms with E-state index in [0.717, 1.165) is 9.37 Å². The van der Waals surface area contributed by atoms with E-state index in [0.29, 0.717) is 10.2 Å². The maximum Gasteiger partial charge on any atom is 0.326 e. The van der Waals surface area contributed by atoms with Gasteiger partial charge >= 0.3 is 12.0 Å². The minimum atomic E-state index is -1.12. The fourth-order valence-electron chi connectivity index (χ4n) is 2.05. The predicted molar refractivity (Wildman–Crippen MR) is 79.6 cm³/mol. The van der Waals surface area contributed by atoms with Gasteiger partial charge < -0.3 is 20.4 Å². The van der Waals surface area contributed by atoms with E-state index in [1.807, 2.05) is 0 Å². The number of carboxylic acid groups (broad SMARTS) is 1. The number of benzene rings is 1. The molecule has 1 aliphatic heterocycles. The van der Waals surface area contributed by atoms with Crippen LogP contribution in [0.5, 0.6) is 0 Å². The largest absolute Gasteiger partial charge is 0.480 e. The number of hydrogen-bond donors (Lipinski definition) is 3. The molecule has 1 aromatic rings. The summed E-state index contributed by atoms with van der Waals surface area (Å²) in [6.45, 7) is 0.0109. The summed E-state index contributed by atoms with van der Waals surface area (Å²) in [7, 11) is 0. The standard InChI is InChI=1S/C12H12Br2N2O4/c13-6-1-2-9(8(14)3-6)15-12(20)16-5-7(17)4-10(16)11(18)19/h1-3,7,10,17H,4-5H2,(H,15,20)(H,18,19)/t7-,10-/m1/s1. The predicted octanol–water partition coefficient (Wildman–Crippen LogP) is 2.26. The van der Waals surface area contributed by atoms with Crippen LogP contribution in [0.4, 0.5) is 10.5 Å². The van der Waals surface area contributed by atoms with Crippen LogP contribution >= 0.6 is 31.9 Å². The summed E-state index contributed by atoms with van der Waals surface area (Å²) in [5, 5.41) is 21.2. The van der Waals surface area contributed by atoms with E-state index >= 15 is 0 Å². The maximum atomic E-state index is 12.1. The Morgan fingerprint density at radius 3 is 2.65 bits per heavy atom. The first-order valence-electron chi connectivity index (χ1n) is 5.82. The topological polar surface area (TPSA) is 89.9 Å². The number of rotatable bonds is 2. The average Bonchev–Trinajstić information content (AvgIpc) is 2.75. The van der Waals surface area contributed by atoms with Crippen molar-refractivity contribution >= 4 is 49.5 Å². The van der Waals surface area contributed by atoms with E-state index < -0.39 is 24.1 Å². The van der Waals surface area contributed by atoms with Crippen LogP contribution in [0, 0.1) is 0 Å². The van der Waals surface area contributed by atoms with Crippen molar-refractivity contribution in [3.63, 3.8) is 0 Å². The molecule has 0 aromatic heterocycles. The van der Waals surface area contributed by atoms with Crippen molar-refractivity contribution in [2.75, 3.05) is 11.9 Å². The second-order valence-corrected chi connectivity index (χ2v) is 6.22. The van der Waals surface area contributed by atoms with Gasteiger partial charge in [-0.3, -0.25) is 0 Å². The van der Waals surface area contributed by atoms with E-state index in [9.17, 15) is 14.7 Å². The molecular weight excluding hydrogens is 396 g/mol. The van der Waals surface area contributed by atoms with Crippen molar-refractivity contribution in [2.24, 2.45) is 0 Å². The molecule has 8 heteroatoms. The summed E-state index contributed by atoms with van der Waals surface area (Å²) in [4.78, 5) is 24.3. The number of nitrogens with one attached hydrogen (secondary N) is 1. The molecular formula is C12H12Br2N2O4. The second-order valence-electron chi connectivity index (χ2n) is 4.45. The van der Waals surface area contributed by atoms with E-state index in [1.165, 1.54) is 0 Å². The number of urea groups is 1. The number of aliphatic carboxylic acids is 1. The normalized spacial score (nSPS) is 21.9. The van der Waals surface area contributed by atoms with Crippen LogP contribution in [0.3, 0.4) is 0 Å². The van der Waals surface area contributed by atoms with E-state index in [1.54, 1.807) is 18.2 Å². The molecule has 108 valence electrons. The summed E-state index contributed by atoms with van der Waals surface area (Å²) < 4.78 is 1.52. The number of aliphatic hydroxyl groups is 1. The molecule has 20 heavy (non-hydrogen) atoms. The highest BCUT2D eigenvalue weighted by molar-refractivity contribution is 9.11. The van der Waals surface area contributed by atoms with Crippen molar-refractivity contribution in [3.05, 3.63) is 27.1 Å². The Morgan fingerprint density at radius 2 is 2.05 bits per heavy atom. The first-order chi connectivity index (χ1) is 9.38. The Kier molecular flexibility index (Phi) is 4.66. The summed E-state index contributed by atoms with van der Waals surface area (Å²) >= 11 is 6.61.